The summed E-state index contributed by atoms with van der Waals surface area (Å²) in [5, 5.41) is 4.31. The molecule has 0 amide bonds. The first kappa shape index (κ1) is 16.4. The third-order valence-corrected chi connectivity index (χ3v) is 5.82. The van der Waals surface area contributed by atoms with E-state index >= 15 is 0 Å². The van der Waals surface area contributed by atoms with E-state index in [0.29, 0.717) is 0 Å². The Balaban J connectivity index is 1.38. The predicted molar refractivity (Wildman–Crippen MR) is 104 cm³/mol. The van der Waals surface area contributed by atoms with Crippen LogP contribution in [0.5, 0.6) is 0 Å². The van der Waals surface area contributed by atoms with Gasteiger partial charge in [-0.25, -0.2) is 0 Å². The van der Waals surface area contributed by atoms with Gasteiger partial charge < -0.3 is 4.90 Å². The van der Waals surface area contributed by atoms with Crippen LogP contribution < -0.4 is 4.90 Å². The van der Waals surface area contributed by atoms with Crippen LogP contribution in [0.15, 0.2) is 55.2 Å². The topological polar surface area (TPSA) is 50.1 Å². The fraction of sp³-hybridized carbons (Fsp3) is 0.381. The Morgan fingerprint density at radius 3 is 2.78 bits per heavy atom. The van der Waals surface area contributed by atoms with Crippen LogP contribution in [0, 0.1) is 0 Å². The molecule has 1 atom stereocenters. The SMILES string of the molecule is Cn1cc(CN2CCC3(C2)CN(Cc2cccnc2)c2cccnc23)cn1. The third kappa shape index (κ3) is 3.00. The number of fused-ring (bicyclic) bond motifs is 2. The molecular formula is C21H24N6. The van der Waals surface area contributed by atoms with E-state index in [1.807, 2.05) is 42.6 Å². The van der Waals surface area contributed by atoms with Gasteiger partial charge in [0.2, 0.25) is 0 Å². The molecule has 0 aromatic carbocycles. The molecule has 27 heavy (non-hydrogen) atoms. The number of pyridine rings is 2. The summed E-state index contributed by atoms with van der Waals surface area (Å²) in [4.78, 5) is 14.1. The highest BCUT2D eigenvalue weighted by Gasteiger charge is 2.48. The van der Waals surface area contributed by atoms with E-state index in [1.165, 1.54) is 22.5 Å². The standard InChI is InChI=1S/C21H24N6/c1-25-12-18(11-24-25)13-26-9-6-21(15-26)16-27(14-17-4-2-7-22-10-17)19-5-3-8-23-20(19)21/h2-5,7-8,10-12H,6,9,13-16H2,1H3. The summed E-state index contributed by atoms with van der Waals surface area (Å²) in [7, 11) is 1.97. The molecule has 1 unspecified atom stereocenters. The molecule has 3 aromatic heterocycles. The van der Waals surface area contributed by atoms with Crippen molar-refractivity contribution in [1.29, 1.82) is 0 Å². The lowest BCUT2D eigenvalue weighted by molar-refractivity contribution is 0.305. The summed E-state index contributed by atoms with van der Waals surface area (Å²) in [6, 6.07) is 8.43. The van der Waals surface area contributed by atoms with Gasteiger partial charge in [-0.3, -0.25) is 19.5 Å². The quantitative estimate of drug-likeness (QED) is 0.715. The molecule has 138 valence electrons. The Bertz CT molecular complexity index is 937. The van der Waals surface area contributed by atoms with Crippen LogP contribution in [0.4, 0.5) is 5.69 Å². The zero-order chi connectivity index (χ0) is 18.3. The van der Waals surface area contributed by atoms with Gasteiger partial charge in [-0.1, -0.05) is 6.07 Å². The van der Waals surface area contributed by atoms with Gasteiger partial charge in [0.15, 0.2) is 0 Å². The van der Waals surface area contributed by atoms with Gasteiger partial charge in [0, 0.05) is 69.0 Å². The maximum Gasteiger partial charge on any atom is 0.0729 e. The van der Waals surface area contributed by atoms with E-state index in [0.717, 1.165) is 39.1 Å². The summed E-state index contributed by atoms with van der Waals surface area (Å²) in [5.41, 5.74) is 5.20. The van der Waals surface area contributed by atoms with Crippen molar-refractivity contribution in [2.45, 2.75) is 24.9 Å². The van der Waals surface area contributed by atoms with Crippen LogP contribution in [0.1, 0.15) is 23.2 Å². The second kappa shape index (κ2) is 6.46. The van der Waals surface area contributed by atoms with E-state index < -0.39 is 0 Å². The zero-order valence-electron chi connectivity index (χ0n) is 15.6. The highest BCUT2D eigenvalue weighted by Crippen LogP contribution is 2.45. The molecule has 1 saturated heterocycles. The molecule has 0 N–H and O–H groups in total. The second-order valence-electron chi connectivity index (χ2n) is 7.85. The van der Waals surface area contributed by atoms with Crippen molar-refractivity contribution in [2.75, 3.05) is 24.5 Å². The predicted octanol–water partition coefficient (Wildman–Crippen LogP) is 2.37. The highest BCUT2D eigenvalue weighted by molar-refractivity contribution is 5.60. The van der Waals surface area contributed by atoms with Gasteiger partial charge >= 0.3 is 0 Å². The van der Waals surface area contributed by atoms with Gasteiger partial charge in [0.1, 0.15) is 0 Å². The number of hydrogen-bond donors (Lipinski definition) is 0. The Labute approximate surface area is 159 Å². The number of rotatable bonds is 4. The molecule has 5 heterocycles. The van der Waals surface area contributed by atoms with Crippen LogP contribution >= 0.6 is 0 Å². The van der Waals surface area contributed by atoms with Gasteiger partial charge in [-0.05, 0) is 36.7 Å². The number of aryl methyl sites for hydroxylation is 1. The van der Waals surface area contributed by atoms with E-state index in [-0.39, 0.29) is 5.41 Å². The van der Waals surface area contributed by atoms with E-state index in [9.17, 15) is 0 Å². The molecule has 3 aromatic rings. The maximum atomic E-state index is 4.83. The molecule has 2 aliphatic rings. The first-order valence-corrected chi connectivity index (χ1v) is 9.51. The Hall–Kier alpha value is -2.73. The van der Waals surface area contributed by atoms with E-state index in [2.05, 4.69) is 44.3 Å². The minimum atomic E-state index is 0.126. The number of anilines is 1. The van der Waals surface area contributed by atoms with Gasteiger partial charge in [0.05, 0.1) is 17.6 Å². The van der Waals surface area contributed by atoms with Crippen LogP contribution in [0.3, 0.4) is 0 Å². The molecule has 0 aliphatic carbocycles. The number of nitrogens with zero attached hydrogens (tertiary/aromatic N) is 6. The lowest BCUT2D eigenvalue weighted by Gasteiger charge is -2.26. The number of aromatic nitrogens is 4. The molecule has 6 heteroatoms. The summed E-state index contributed by atoms with van der Waals surface area (Å²) in [5.74, 6) is 0. The smallest absolute Gasteiger partial charge is 0.0729 e. The van der Waals surface area contributed by atoms with Crippen molar-refractivity contribution < 1.29 is 0 Å². The molecular weight excluding hydrogens is 336 g/mol. The first-order chi connectivity index (χ1) is 13.2. The van der Waals surface area contributed by atoms with Gasteiger partial charge in [-0.2, -0.15) is 5.10 Å². The van der Waals surface area contributed by atoms with Crippen LogP contribution in [-0.4, -0.2) is 44.3 Å². The van der Waals surface area contributed by atoms with E-state index in [4.69, 9.17) is 4.98 Å². The average molecular weight is 360 g/mol. The molecule has 1 fully saturated rings. The summed E-state index contributed by atoms with van der Waals surface area (Å²) >= 11 is 0. The molecule has 0 saturated carbocycles. The van der Waals surface area contributed by atoms with Crippen LogP contribution in [0.25, 0.3) is 0 Å². The average Bonchev–Trinajstić information content (AvgIpc) is 3.36. The molecule has 2 aliphatic heterocycles. The minimum Gasteiger partial charge on any atom is -0.365 e. The summed E-state index contributed by atoms with van der Waals surface area (Å²) in [6.07, 6.45) is 11.0. The van der Waals surface area contributed by atoms with Crippen LogP contribution in [-0.2, 0) is 25.6 Å². The zero-order valence-corrected chi connectivity index (χ0v) is 15.6. The lowest BCUT2D eigenvalue weighted by atomic mass is 9.85. The fourth-order valence-corrected chi connectivity index (χ4v) is 4.67. The molecule has 0 bridgehead atoms. The van der Waals surface area contributed by atoms with Crippen molar-refractivity contribution >= 4 is 5.69 Å². The van der Waals surface area contributed by atoms with Crippen molar-refractivity contribution in [1.82, 2.24) is 24.6 Å². The van der Waals surface area contributed by atoms with Crippen molar-refractivity contribution in [3.63, 3.8) is 0 Å². The van der Waals surface area contributed by atoms with Crippen molar-refractivity contribution in [2.24, 2.45) is 7.05 Å². The summed E-state index contributed by atoms with van der Waals surface area (Å²) in [6.45, 7) is 5.02. The monoisotopic (exact) mass is 360 g/mol. The number of likely N-dealkylation sites (tertiary alicyclic amines) is 1. The Morgan fingerprint density at radius 1 is 1.04 bits per heavy atom. The fourth-order valence-electron chi connectivity index (χ4n) is 4.67. The largest absolute Gasteiger partial charge is 0.365 e. The molecule has 5 rings (SSSR count). The van der Waals surface area contributed by atoms with Crippen molar-refractivity contribution in [3.05, 3.63) is 72.1 Å². The number of hydrogen-bond acceptors (Lipinski definition) is 5. The normalized spacial score (nSPS) is 21.9. The van der Waals surface area contributed by atoms with Crippen LogP contribution in [0.2, 0.25) is 0 Å². The summed E-state index contributed by atoms with van der Waals surface area (Å²) < 4.78 is 1.88. The molecule has 1 spiro atoms. The minimum absolute atomic E-state index is 0.126. The van der Waals surface area contributed by atoms with Crippen molar-refractivity contribution in [3.8, 4) is 0 Å². The van der Waals surface area contributed by atoms with E-state index in [1.54, 1.807) is 0 Å². The molecule has 0 radical (unpaired) electrons. The van der Waals surface area contributed by atoms with Gasteiger partial charge in [0.25, 0.3) is 0 Å². The maximum absolute atomic E-state index is 4.83. The third-order valence-electron chi connectivity index (χ3n) is 5.82. The van der Waals surface area contributed by atoms with Gasteiger partial charge in [-0.15, -0.1) is 0 Å². The lowest BCUT2D eigenvalue weighted by Crippen LogP contribution is -2.36. The Kier molecular flexibility index (Phi) is 3.93. The molecule has 6 nitrogen and oxygen atoms in total. The Morgan fingerprint density at radius 2 is 1.96 bits per heavy atom. The first-order valence-electron chi connectivity index (χ1n) is 9.51. The highest BCUT2D eigenvalue weighted by atomic mass is 15.3. The second-order valence-corrected chi connectivity index (χ2v) is 7.85.